The summed E-state index contributed by atoms with van der Waals surface area (Å²) in [6.45, 7) is 2.24. The summed E-state index contributed by atoms with van der Waals surface area (Å²) in [5.74, 6) is -0.483. The summed E-state index contributed by atoms with van der Waals surface area (Å²) in [6, 6.07) is 13.4. The van der Waals surface area contributed by atoms with Crippen LogP contribution in [0.1, 0.15) is 21.7 Å². The Morgan fingerprint density at radius 1 is 1.17 bits per heavy atom. The van der Waals surface area contributed by atoms with E-state index in [-0.39, 0.29) is 11.7 Å². The van der Waals surface area contributed by atoms with Gasteiger partial charge in [-0.2, -0.15) is 0 Å². The maximum Gasteiger partial charge on any atom is 0.268 e. The molecule has 0 aliphatic carbocycles. The molecular formula is C18H16FN3O. The summed E-state index contributed by atoms with van der Waals surface area (Å²) >= 11 is 0. The van der Waals surface area contributed by atoms with Crippen LogP contribution in [0.15, 0.2) is 60.9 Å². The molecule has 116 valence electrons. The molecule has 0 fully saturated rings. The first-order valence-electron chi connectivity index (χ1n) is 7.27. The second-order valence-corrected chi connectivity index (χ2v) is 5.18. The molecule has 0 bridgehead atoms. The number of amides is 1. The standard InChI is InChI=1S/C18H16FN3O/c1-13-16(4-2-10-20-13)22-11-3-5-17(22)18(23)21-12-14-6-8-15(19)9-7-14/h2-11H,12H2,1H3,(H,21,23). The van der Waals surface area contributed by atoms with Crippen molar-refractivity contribution in [3.63, 3.8) is 0 Å². The summed E-state index contributed by atoms with van der Waals surface area (Å²) in [5, 5.41) is 2.85. The van der Waals surface area contributed by atoms with Gasteiger partial charge in [0.2, 0.25) is 0 Å². The molecule has 0 saturated carbocycles. The number of halogens is 1. The molecule has 3 rings (SSSR count). The van der Waals surface area contributed by atoms with Gasteiger partial charge in [-0.15, -0.1) is 0 Å². The van der Waals surface area contributed by atoms with Crippen molar-refractivity contribution < 1.29 is 9.18 Å². The van der Waals surface area contributed by atoms with Crippen LogP contribution in [0.2, 0.25) is 0 Å². The zero-order chi connectivity index (χ0) is 16.2. The van der Waals surface area contributed by atoms with Crippen molar-refractivity contribution in [3.8, 4) is 5.69 Å². The Morgan fingerprint density at radius 3 is 2.70 bits per heavy atom. The van der Waals surface area contributed by atoms with Crippen LogP contribution in [0.5, 0.6) is 0 Å². The van der Waals surface area contributed by atoms with Crippen LogP contribution in [-0.2, 0) is 6.54 Å². The highest BCUT2D eigenvalue weighted by Crippen LogP contribution is 2.15. The lowest BCUT2D eigenvalue weighted by Crippen LogP contribution is -2.25. The van der Waals surface area contributed by atoms with Crippen LogP contribution in [0.4, 0.5) is 4.39 Å². The van der Waals surface area contributed by atoms with Crippen molar-refractivity contribution in [1.29, 1.82) is 0 Å². The molecule has 0 aliphatic heterocycles. The number of hydrogen-bond acceptors (Lipinski definition) is 2. The van der Waals surface area contributed by atoms with E-state index in [9.17, 15) is 9.18 Å². The molecule has 1 N–H and O–H groups in total. The van der Waals surface area contributed by atoms with Gasteiger partial charge < -0.3 is 9.88 Å². The van der Waals surface area contributed by atoms with Crippen molar-refractivity contribution in [1.82, 2.24) is 14.9 Å². The minimum absolute atomic E-state index is 0.192. The topological polar surface area (TPSA) is 46.9 Å². The predicted octanol–water partition coefficient (Wildman–Crippen LogP) is 3.25. The smallest absolute Gasteiger partial charge is 0.268 e. The third-order valence-electron chi connectivity index (χ3n) is 3.59. The van der Waals surface area contributed by atoms with Crippen LogP contribution in [0.3, 0.4) is 0 Å². The van der Waals surface area contributed by atoms with Gasteiger partial charge in [-0.1, -0.05) is 12.1 Å². The van der Waals surface area contributed by atoms with E-state index >= 15 is 0 Å². The quantitative estimate of drug-likeness (QED) is 0.804. The Bertz CT molecular complexity index is 824. The lowest BCUT2D eigenvalue weighted by atomic mass is 10.2. The second-order valence-electron chi connectivity index (χ2n) is 5.18. The van der Waals surface area contributed by atoms with Gasteiger partial charge in [0, 0.05) is 18.9 Å². The lowest BCUT2D eigenvalue weighted by molar-refractivity contribution is 0.0944. The second kappa shape index (κ2) is 6.44. The number of hydrogen-bond donors (Lipinski definition) is 1. The molecule has 3 aromatic rings. The van der Waals surface area contributed by atoms with Gasteiger partial charge >= 0.3 is 0 Å². The summed E-state index contributed by atoms with van der Waals surface area (Å²) < 4.78 is 14.7. The van der Waals surface area contributed by atoms with Gasteiger partial charge in [-0.05, 0) is 48.9 Å². The molecular weight excluding hydrogens is 293 g/mol. The van der Waals surface area contributed by atoms with E-state index in [0.717, 1.165) is 16.9 Å². The van der Waals surface area contributed by atoms with Crippen molar-refractivity contribution in [2.75, 3.05) is 0 Å². The maximum atomic E-state index is 12.9. The number of aromatic nitrogens is 2. The highest BCUT2D eigenvalue weighted by Gasteiger charge is 2.13. The molecule has 2 aromatic heterocycles. The highest BCUT2D eigenvalue weighted by atomic mass is 19.1. The van der Waals surface area contributed by atoms with Crippen molar-refractivity contribution in [2.45, 2.75) is 13.5 Å². The zero-order valence-corrected chi connectivity index (χ0v) is 12.7. The van der Waals surface area contributed by atoms with E-state index < -0.39 is 0 Å². The number of benzene rings is 1. The molecule has 0 radical (unpaired) electrons. The van der Waals surface area contributed by atoms with Gasteiger partial charge in [-0.25, -0.2) is 4.39 Å². The van der Waals surface area contributed by atoms with E-state index in [0.29, 0.717) is 12.2 Å². The fourth-order valence-electron chi connectivity index (χ4n) is 2.38. The number of pyridine rings is 1. The van der Waals surface area contributed by atoms with Gasteiger partial charge in [0.25, 0.3) is 5.91 Å². The van der Waals surface area contributed by atoms with Crippen LogP contribution in [0.25, 0.3) is 5.69 Å². The van der Waals surface area contributed by atoms with E-state index in [1.54, 1.807) is 24.4 Å². The van der Waals surface area contributed by atoms with E-state index in [2.05, 4.69) is 10.3 Å². The molecule has 0 saturated heterocycles. The number of carbonyl (C=O) groups is 1. The Labute approximate surface area is 133 Å². The van der Waals surface area contributed by atoms with E-state index in [1.807, 2.05) is 35.9 Å². The van der Waals surface area contributed by atoms with E-state index in [4.69, 9.17) is 0 Å². The van der Waals surface area contributed by atoms with Gasteiger partial charge in [0.15, 0.2) is 0 Å². The number of aryl methyl sites for hydroxylation is 1. The van der Waals surface area contributed by atoms with Crippen molar-refractivity contribution in [3.05, 3.63) is 83.7 Å². The molecule has 0 unspecified atom stereocenters. The fourth-order valence-corrected chi connectivity index (χ4v) is 2.38. The Morgan fingerprint density at radius 2 is 1.96 bits per heavy atom. The van der Waals surface area contributed by atoms with E-state index in [1.165, 1.54) is 12.1 Å². The van der Waals surface area contributed by atoms with Crippen LogP contribution in [0, 0.1) is 12.7 Å². The van der Waals surface area contributed by atoms with Gasteiger partial charge in [0.05, 0.1) is 11.4 Å². The molecule has 2 heterocycles. The zero-order valence-electron chi connectivity index (χ0n) is 12.7. The first-order valence-corrected chi connectivity index (χ1v) is 7.27. The highest BCUT2D eigenvalue weighted by molar-refractivity contribution is 5.93. The average molecular weight is 309 g/mol. The average Bonchev–Trinajstić information content (AvgIpc) is 3.04. The molecule has 0 spiro atoms. The minimum atomic E-state index is -0.291. The molecule has 4 nitrogen and oxygen atoms in total. The molecule has 0 atom stereocenters. The number of nitrogens with zero attached hydrogens (tertiary/aromatic N) is 2. The summed E-state index contributed by atoms with van der Waals surface area (Å²) in [5.41, 5.74) is 3.08. The fraction of sp³-hybridized carbons (Fsp3) is 0.111. The third-order valence-corrected chi connectivity index (χ3v) is 3.59. The Hall–Kier alpha value is -2.95. The molecule has 5 heteroatoms. The summed E-state index contributed by atoms with van der Waals surface area (Å²) in [6.07, 6.45) is 3.55. The number of rotatable bonds is 4. The normalized spacial score (nSPS) is 10.5. The van der Waals surface area contributed by atoms with Crippen molar-refractivity contribution in [2.24, 2.45) is 0 Å². The van der Waals surface area contributed by atoms with Crippen LogP contribution >= 0.6 is 0 Å². The summed E-state index contributed by atoms with van der Waals surface area (Å²) in [4.78, 5) is 16.7. The van der Waals surface area contributed by atoms with Crippen LogP contribution in [-0.4, -0.2) is 15.5 Å². The van der Waals surface area contributed by atoms with Crippen molar-refractivity contribution >= 4 is 5.91 Å². The Kier molecular flexibility index (Phi) is 4.19. The molecule has 0 aliphatic rings. The minimum Gasteiger partial charge on any atom is -0.347 e. The summed E-state index contributed by atoms with van der Waals surface area (Å²) in [7, 11) is 0. The van der Waals surface area contributed by atoms with Gasteiger partial charge in [-0.3, -0.25) is 9.78 Å². The third kappa shape index (κ3) is 3.29. The largest absolute Gasteiger partial charge is 0.347 e. The first-order chi connectivity index (χ1) is 11.1. The number of nitrogens with one attached hydrogen (secondary N) is 1. The maximum absolute atomic E-state index is 12.9. The monoisotopic (exact) mass is 309 g/mol. The first kappa shape index (κ1) is 15.0. The SMILES string of the molecule is Cc1ncccc1-n1cccc1C(=O)NCc1ccc(F)cc1. The molecule has 23 heavy (non-hydrogen) atoms. The molecule has 1 amide bonds. The number of carbonyl (C=O) groups excluding carboxylic acids is 1. The van der Waals surface area contributed by atoms with Gasteiger partial charge in [0.1, 0.15) is 11.5 Å². The molecule has 1 aromatic carbocycles. The predicted molar refractivity (Wildman–Crippen MR) is 85.9 cm³/mol. The lowest BCUT2D eigenvalue weighted by Gasteiger charge is -2.11. The Balaban J connectivity index is 1.77. The van der Waals surface area contributed by atoms with Crippen LogP contribution < -0.4 is 5.32 Å².